The van der Waals surface area contributed by atoms with E-state index in [-0.39, 0.29) is 0 Å². The lowest BCUT2D eigenvalue weighted by atomic mass is 9.77. The topological polar surface area (TPSA) is 62.5 Å². The van der Waals surface area contributed by atoms with E-state index in [1.165, 1.54) is 24.5 Å². The van der Waals surface area contributed by atoms with Crippen LogP contribution in [0.5, 0.6) is 0 Å². The molecule has 1 aromatic heterocycles. The molecule has 1 rings (SSSR count). The van der Waals surface area contributed by atoms with E-state index in [1.54, 1.807) is 0 Å². The molecule has 4 nitrogen and oxygen atoms in total. The molecule has 1 N–H and O–H groups in total. The van der Waals surface area contributed by atoms with Crippen molar-refractivity contribution >= 4 is 12.5 Å². The third-order valence-electron chi connectivity index (χ3n) is 1.10. The van der Waals surface area contributed by atoms with Crippen LogP contribution in [-0.2, 0) is 0 Å². The van der Waals surface area contributed by atoms with E-state index in [9.17, 15) is 4.91 Å². The third kappa shape index (κ3) is 1.38. The molecule has 0 spiro atoms. The summed E-state index contributed by atoms with van der Waals surface area (Å²) in [4.78, 5) is 13.5. The lowest BCUT2D eigenvalue weighted by Crippen LogP contribution is -2.27. The minimum atomic E-state index is -1.26. The van der Waals surface area contributed by atoms with Crippen molar-refractivity contribution < 1.29 is 5.02 Å². The molecular formula is C5H5BN2O2. The van der Waals surface area contributed by atoms with Gasteiger partial charge in [0.2, 0.25) is 0 Å². The van der Waals surface area contributed by atoms with E-state index >= 15 is 0 Å². The summed E-state index contributed by atoms with van der Waals surface area (Å²) < 4.78 is 0. The maximum Gasteiger partial charge on any atom is 0.517 e. The summed E-state index contributed by atoms with van der Waals surface area (Å²) in [6.45, 7) is 0. The van der Waals surface area contributed by atoms with Crippen LogP contribution in [0.15, 0.2) is 29.6 Å². The second-order valence-electron chi connectivity index (χ2n) is 1.76. The fourth-order valence-corrected chi connectivity index (χ4v) is 0.596. The molecule has 0 radical (unpaired) electrons. The van der Waals surface area contributed by atoms with Crippen LogP contribution in [-0.4, -0.2) is 17.1 Å². The van der Waals surface area contributed by atoms with Gasteiger partial charge in [0, 0.05) is 12.4 Å². The van der Waals surface area contributed by atoms with E-state index in [2.05, 4.69) is 10.1 Å². The van der Waals surface area contributed by atoms with Gasteiger partial charge in [-0.05, 0) is 17.6 Å². The Labute approximate surface area is 58.0 Å². The highest BCUT2D eigenvalue weighted by Gasteiger charge is 2.13. The van der Waals surface area contributed by atoms with E-state index in [4.69, 9.17) is 5.02 Å². The van der Waals surface area contributed by atoms with Crippen molar-refractivity contribution in [3.63, 3.8) is 0 Å². The molecule has 0 saturated carbocycles. The van der Waals surface area contributed by atoms with Crippen LogP contribution in [0.3, 0.4) is 0 Å². The van der Waals surface area contributed by atoms with Gasteiger partial charge in [0.25, 0.3) is 0 Å². The normalized spacial score (nSPS) is 8.90. The number of nitrogens with zero attached hydrogens (tertiary/aromatic N) is 2. The van der Waals surface area contributed by atoms with Crippen molar-refractivity contribution in [3.05, 3.63) is 29.4 Å². The molecule has 1 aromatic rings. The molecule has 0 aromatic carbocycles. The quantitative estimate of drug-likeness (QED) is 0.441. The summed E-state index contributed by atoms with van der Waals surface area (Å²) >= 11 is 0. The second-order valence-corrected chi connectivity index (χ2v) is 1.76. The minimum absolute atomic E-state index is 0.463. The fourth-order valence-electron chi connectivity index (χ4n) is 0.596. The predicted octanol–water partition coefficient (Wildman–Crippen LogP) is -0.465. The summed E-state index contributed by atoms with van der Waals surface area (Å²) in [6.07, 6.45) is 2.98. The van der Waals surface area contributed by atoms with Gasteiger partial charge in [-0.15, -0.1) is 0 Å². The van der Waals surface area contributed by atoms with Crippen LogP contribution in [0, 0.1) is 4.91 Å². The first-order valence-electron chi connectivity index (χ1n) is 2.75. The number of nitroso groups, excluding NO2 is 1. The summed E-state index contributed by atoms with van der Waals surface area (Å²) in [5.74, 6) is 0. The van der Waals surface area contributed by atoms with Gasteiger partial charge in [0.1, 0.15) is 0 Å². The van der Waals surface area contributed by atoms with E-state index in [0.29, 0.717) is 5.46 Å². The predicted molar refractivity (Wildman–Crippen MR) is 37.6 cm³/mol. The minimum Gasteiger partial charge on any atom is -0.425 e. The van der Waals surface area contributed by atoms with Gasteiger partial charge >= 0.3 is 7.05 Å². The lowest BCUT2D eigenvalue weighted by molar-refractivity contribution is 0.587. The third-order valence-corrected chi connectivity index (χ3v) is 1.10. The molecule has 5 heteroatoms. The highest BCUT2D eigenvalue weighted by Crippen LogP contribution is 1.82. The monoisotopic (exact) mass is 136 g/mol. The molecule has 0 atom stereocenters. The second kappa shape index (κ2) is 3.07. The van der Waals surface area contributed by atoms with Crippen LogP contribution in [0.1, 0.15) is 0 Å². The molecule has 0 aliphatic heterocycles. The van der Waals surface area contributed by atoms with Crippen molar-refractivity contribution in [2.24, 2.45) is 5.09 Å². The van der Waals surface area contributed by atoms with Crippen LogP contribution in [0.2, 0.25) is 0 Å². The van der Waals surface area contributed by atoms with E-state index in [0.717, 1.165) is 0 Å². The van der Waals surface area contributed by atoms with Gasteiger partial charge in [-0.3, -0.25) is 4.98 Å². The molecular weight excluding hydrogens is 131 g/mol. The number of hydrogen-bond donors (Lipinski definition) is 1. The van der Waals surface area contributed by atoms with Crippen molar-refractivity contribution in [1.29, 1.82) is 0 Å². The number of rotatable bonds is 2. The Morgan fingerprint density at radius 2 is 2.10 bits per heavy atom. The SMILES string of the molecule is O=NB(O)c1ccncc1. The van der Waals surface area contributed by atoms with Gasteiger partial charge in [-0.25, -0.2) is 0 Å². The maximum absolute atomic E-state index is 9.78. The Morgan fingerprint density at radius 3 is 2.60 bits per heavy atom. The first-order valence-corrected chi connectivity index (χ1v) is 2.75. The Morgan fingerprint density at radius 1 is 1.50 bits per heavy atom. The Hall–Kier alpha value is -1.23. The van der Waals surface area contributed by atoms with Gasteiger partial charge < -0.3 is 5.02 Å². The molecule has 0 unspecified atom stereocenters. The molecule has 0 aliphatic rings. The Kier molecular flexibility index (Phi) is 2.12. The highest BCUT2D eigenvalue weighted by molar-refractivity contribution is 6.64. The van der Waals surface area contributed by atoms with Crippen LogP contribution in [0.25, 0.3) is 0 Å². The molecule has 0 saturated heterocycles. The average Bonchev–Trinajstić information content (AvgIpc) is 2.05. The summed E-state index contributed by atoms with van der Waals surface area (Å²) in [6, 6.07) is 3.07. The van der Waals surface area contributed by atoms with Crippen LogP contribution < -0.4 is 5.46 Å². The van der Waals surface area contributed by atoms with Gasteiger partial charge in [-0.2, -0.15) is 4.91 Å². The van der Waals surface area contributed by atoms with Crippen molar-refractivity contribution in [3.8, 4) is 0 Å². The average molecular weight is 136 g/mol. The molecule has 0 amide bonds. The molecule has 0 fully saturated rings. The fraction of sp³-hybridized carbons (Fsp3) is 0. The molecule has 50 valence electrons. The van der Waals surface area contributed by atoms with Crippen molar-refractivity contribution in [1.82, 2.24) is 4.98 Å². The number of aromatic nitrogens is 1. The first-order chi connectivity index (χ1) is 4.84. The van der Waals surface area contributed by atoms with E-state index in [1.807, 2.05) is 0 Å². The first kappa shape index (κ1) is 6.89. The zero-order valence-corrected chi connectivity index (χ0v) is 5.14. The van der Waals surface area contributed by atoms with Crippen LogP contribution >= 0.6 is 0 Å². The lowest BCUT2D eigenvalue weighted by Gasteiger charge is -1.92. The molecule has 0 aliphatic carbocycles. The van der Waals surface area contributed by atoms with Crippen LogP contribution in [0.4, 0.5) is 0 Å². The molecule has 1 heterocycles. The Bertz CT molecular complexity index is 216. The standard InChI is InChI=1S/C5H5BN2O2/c9-6(8-10)5-1-3-7-4-2-5/h1-4,9H. The molecule has 0 bridgehead atoms. The van der Waals surface area contributed by atoms with Crippen molar-refractivity contribution in [2.75, 3.05) is 0 Å². The summed E-state index contributed by atoms with van der Waals surface area (Å²) in [5, 5.41) is 11.3. The van der Waals surface area contributed by atoms with Crippen molar-refractivity contribution in [2.45, 2.75) is 0 Å². The molecule has 10 heavy (non-hydrogen) atoms. The van der Waals surface area contributed by atoms with Gasteiger partial charge in [0.05, 0.1) is 0 Å². The largest absolute Gasteiger partial charge is 0.517 e. The Balaban J connectivity index is 2.84. The summed E-state index contributed by atoms with van der Waals surface area (Å²) in [7, 11) is -1.26. The summed E-state index contributed by atoms with van der Waals surface area (Å²) in [5.41, 5.74) is 0.463. The van der Waals surface area contributed by atoms with E-state index < -0.39 is 7.05 Å². The zero-order chi connectivity index (χ0) is 7.40. The van der Waals surface area contributed by atoms with Gasteiger partial charge in [0.15, 0.2) is 0 Å². The number of hydrogen-bond acceptors (Lipinski definition) is 4. The zero-order valence-electron chi connectivity index (χ0n) is 5.14. The smallest absolute Gasteiger partial charge is 0.425 e. The van der Waals surface area contributed by atoms with Gasteiger partial charge in [-0.1, -0.05) is 5.09 Å². The maximum atomic E-state index is 9.78. The number of pyridine rings is 1. The highest BCUT2D eigenvalue weighted by atomic mass is 16.3.